The zero-order valence-electron chi connectivity index (χ0n) is 18.0. The van der Waals surface area contributed by atoms with Crippen molar-refractivity contribution < 1.29 is 22.7 Å². The highest BCUT2D eigenvalue weighted by Crippen LogP contribution is 2.26. The molecule has 172 valence electrons. The maximum absolute atomic E-state index is 13.0. The molecular weight excluding hydrogens is 454 g/mol. The Labute approximate surface area is 192 Å². The first-order valence-electron chi connectivity index (χ1n) is 10.1. The molecule has 1 aliphatic heterocycles. The van der Waals surface area contributed by atoms with Gasteiger partial charge in [0.15, 0.2) is 0 Å². The third kappa shape index (κ3) is 5.23. The van der Waals surface area contributed by atoms with Crippen molar-refractivity contribution in [2.24, 2.45) is 11.7 Å². The Balaban J connectivity index is 1.80. The van der Waals surface area contributed by atoms with Crippen molar-refractivity contribution in [3.05, 3.63) is 58.6 Å². The Hall–Kier alpha value is -2.62. The lowest BCUT2D eigenvalue weighted by Crippen LogP contribution is -2.41. The normalized spacial score (nSPS) is 15.1. The van der Waals surface area contributed by atoms with Crippen LogP contribution in [-0.4, -0.2) is 56.7 Å². The van der Waals surface area contributed by atoms with E-state index in [1.54, 1.807) is 23.1 Å². The van der Waals surface area contributed by atoms with Crippen molar-refractivity contribution in [1.82, 2.24) is 9.21 Å². The number of nitrogens with two attached hydrogens (primary N) is 1. The van der Waals surface area contributed by atoms with Gasteiger partial charge in [0.1, 0.15) is 5.75 Å². The average Bonchev–Trinajstić information content (AvgIpc) is 2.78. The highest BCUT2D eigenvalue weighted by molar-refractivity contribution is 7.89. The number of primary amides is 1. The highest BCUT2D eigenvalue weighted by atomic mass is 35.5. The average molecular weight is 480 g/mol. The Bertz CT molecular complexity index is 1100. The van der Waals surface area contributed by atoms with Gasteiger partial charge in [0.05, 0.1) is 12.0 Å². The zero-order chi connectivity index (χ0) is 23.5. The van der Waals surface area contributed by atoms with Crippen LogP contribution in [0.5, 0.6) is 5.75 Å². The summed E-state index contributed by atoms with van der Waals surface area (Å²) in [6, 6.07) is 10.9. The lowest BCUT2D eigenvalue weighted by atomic mass is 9.95. The minimum Gasteiger partial charge on any atom is -0.496 e. The molecule has 32 heavy (non-hydrogen) atoms. The molecule has 1 saturated heterocycles. The number of ether oxygens (including phenoxy) is 1. The van der Waals surface area contributed by atoms with Crippen LogP contribution in [-0.2, 0) is 21.4 Å². The first-order valence-corrected chi connectivity index (χ1v) is 11.9. The number of sulfonamides is 1. The molecule has 2 aromatic rings. The third-order valence-corrected chi connectivity index (χ3v) is 7.70. The van der Waals surface area contributed by atoms with Crippen LogP contribution < -0.4 is 10.5 Å². The van der Waals surface area contributed by atoms with E-state index in [1.807, 2.05) is 0 Å². The number of amides is 2. The molecule has 1 fully saturated rings. The van der Waals surface area contributed by atoms with Crippen molar-refractivity contribution in [3.63, 3.8) is 0 Å². The monoisotopic (exact) mass is 479 g/mol. The van der Waals surface area contributed by atoms with E-state index < -0.39 is 10.0 Å². The lowest BCUT2D eigenvalue weighted by molar-refractivity contribution is -0.123. The van der Waals surface area contributed by atoms with Gasteiger partial charge < -0.3 is 15.4 Å². The van der Waals surface area contributed by atoms with Gasteiger partial charge in [-0.25, -0.2) is 8.42 Å². The van der Waals surface area contributed by atoms with Gasteiger partial charge in [-0.15, -0.1) is 0 Å². The van der Waals surface area contributed by atoms with E-state index >= 15 is 0 Å². The van der Waals surface area contributed by atoms with Crippen molar-refractivity contribution in [2.75, 3.05) is 27.2 Å². The summed E-state index contributed by atoms with van der Waals surface area (Å²) in [5.41, 5.74) is 6.35. The quantitative estimate of drug-likeness (QED) is 0.656. The second kappa shape index (κ2) is 9.89. The number of benzene rings is 2. The molecular formula is C22H26ClN3O5S. The van der Waals surface area contributed by atoms with Crippen LogP contribution in [0.3, 0.4) is 0 Å². The van der Waals surface area contributed by atoms with Crippen molar-refractivity contribution in [1.29, 1.82) is 0 Å². The van der Waals surface area contributed by atoms with E-state index in [-0.39, 0.29) is 29.2 Å². The molecule has 0 radical (unpaired) electrons. The SMILES string of the molecule is COc1ccc(C(=O)N2CCC(C(N)=O)CC2)cc1CN(C)S(=O)(=O)c1ccc(Cl)cc1. The topological polar surface area (TPSA) is 110 Å². The number of carbonyl (C=O) groups is 2. The van der Waals surface area contributed by atoms with Crippen molar-refractivity contribution in [2.45, 2.75) is 24.3 Å². The van der Waals surface area contributed by atoms with Crippen LogP contribution >= 0.6 is 11.6 Å². The summed E-state index contributed by atoms with van der Waals surface area (Å²) in [4.78, 5) is 26.2. The van der Waals surface area contributed by atoms with Crippen LogP contribution in [0.15, 0.2) is 47.4 Å². The molecule has 0 aliphatic carbocycles. The summed E-state index contributed by atoms with van der Waals surface area (Å²) < 4.78 is 32.4. The fraction of sp³-hybridized carbons (Fsp3) is 0.364. The summed E-state index contributed by atoms with van der Waals surface area (Å²) in [5, 5.41) is 0.444. The smallest absolute Gasteiger partial charge is 0.253 e. The maximum Gasteiger partial charge on any atom is 0.253 e. The predicted octanol–water partition coefficient (Wildman–Crippen LogP) is 2.51. The standard InChI is InChI=1S/C22H26ClN3O5S/c1-25(32(29,30)19-6-4-18(23)5-7-19)14-17-13-16(3-8-20(17)31-2)22(28)26-11-9-15(10-12-26)21(24)27/h3-8,13,15H,9-12,14H2,1-2H3,(H2,24,27). The van der Waals surface area contributed by atoms with Gasteiger partial charge in [0.25, 0.3) is 5.91 Å². The van der Waals surface area contributed by atoms with Gasteiger partial charge in [0, 0.05) is 48.7 Å². The first kappa shape index (κ1) is 24.0. The van der Waals surface area contributed by atoms with Gasteiger partial charge in [-0.1, -0.05) is 11.6 Å². The highest BCUT2D eigenvalue weighted by Gasteiger charge is 2.27. The number of rotatable bonds is 7. The van der Waals surface area contributed by atoms with E-state index in [9.17, 15) is 18.0 Å². The summed E-state index contributed by atoms with van der Waals surface area (Å²) in [6.45, 7) is 0.899. The summed E-state index contributed by atoms with van der Waals surface area (Å²) in [6.07, 6.45) is 1.07. The molecule has 0 bridgehead atoms. The molecule has 8 nitrogen and oxygen atoms in total. The molecule has 0 spiro atoms. The van der Waals surface area contributed by atoms with Crippen molar-refractivity contribution in [3.8, 4) is 5.75 Å². The van der Waals surface area contributed by atoms with Crippen LogP contribution in [0, 0.1) is 5.92 Å². The minimum atomic E-state index is -3.77. The molecule has 1 aliphatic rings. The van der Waals surface area contributed by atoms with Gasteiger partial charge in [-0.3, -0.25) is 9.59 Å². The van der Waals surface area contributed by atoms with Gasteiger partial charge in [0.2, 0.25) is 15.9 Å². The number of hydrogen-bond acceptors (Lipinski definition) is 5. The van der Waals surface area contributed by atoms with Crippen LogP contribution in [0.2, 0.25) is 5.02 Å². The van der Waals surface area contributed by atoms with Gasteiger partial charge in [-0.05, 0) is 55.3 Å². The number of likely N-dealkylation sites (tertiary alicyclic amines) is 1. The summed E-state index contributed by atoms with van der Waals surface area (Å²) in [5.74, 6) is -0.252. The molecule has 2 amide bonds. The number of hydrogen-bond donors (Lipinski definition) is 1. The first-order chi connectivity index (χ1) is 15.1. The van der Waals surface area contributed by atoms with Crippen LogP contribution in [0.4, 0.5) is 0 Å². The third-order valence-electron chi connectivity index (χ3n) is 5.63. The number of carbonyl (C=O) groups excluding carboxylic acids is 2. The Morgan fingerprint density at radius 1 is 1.16 bits per heavy atom. The molecule has 0 unspecified atom stereocenters. The molecule has 2 aromatic carbocycles. The van der Waals surface area contributed by atoms with E-state index in [4.69, 9.17) is 22.1 Å². The van der Waals surface area contributed by atoms with E-state index in [2.05, 4.69) is 0 Å². The van der Waals surface area contributed by atoms with Crippen LogP contribution in [0.1, 0.15) is 28.8 Å². The van der Waals surface area contributed by atoms with Crippen LogP contribution in [0.25, 0.3) is 0 Å². The molecule has 3 rings (SSSR count). The molecule has 0 atom stereocenters. The van der Waals surface area contributed by atoms with E-state index in [0.717, 1.165) is 0 Å². The molecule has 10 heteroatoms. The summed E-state index contributed by atoms with van der Waals surface area (Å²) in [7, 11) is -0.813. The molecule has 2 N–H and O–H groups in total. The number of methoxy groups -OCH3 is 1. The van der Waals surface area contributed by atoms with Gasteiger partial charge >= 0.3 is 0 Å². The summed E-state index contributed by atoms with van der Waals surface area (Å²) >= 11 is 5.86. The van der Waals surface area contributed by atoms with E-state index in [0.29, 0.717) is 47.8 Å². The number of nitrogens with zero attached hydrogens (tertiary/aromatic N) is 2. The fourth-order valence-electron chi connectivity index (χ4n) is 3.70. The fourth-order valence-corrected chi connectivity index (χ4v) is 4.97. The number of piperidine rings is 1. The molecule has 0 aromatic heterocycles. The Morgan fingerprint density at radius 3 is 2.34 bits per heavy atom. The lowest BCUT2D eigenvalue weighted by Gasteiger charge is -2.30. The Morgan fingerprint density at radius 2 is 1.78 bits per heavy atom. The molecule has 0 saturated carbocycles. The predicted molar refractivity (Wildman–Crippen MR) is 121 cm³/mol. The zero-order valence-corrected chi connectivity index (χ0v) is 19.5. The van der Waals surface area contributed by atoms with Gasteiger partial charge in [-0.2, -0.15) is 4.31 Å². The van der Waals surface area contributed by atoms with Crippen molar-refractivity contribution >= 4 is 33.4 Å². The minimum absolute atomic E-state index is 0.0129. The second-order valence-electron chi connectivity index (χ2n) is 7.71. The maximum atomic E-state index is 13.0. The Kier molecular flexibility index (Phi) is 7.43. The van der Waals surface area contributed by atoms with E-state index in [1.165, 1.54) is 42.7 Å². The number of halogens is 1. The molecule has 1 heterocycles. The second-order valence-corrected chi connectivity index (χ2v) is 10.2. The largest absolute Gasteiger partial charge is 0.496 e.